The molecule has 0 aliphatic carbocycles. The van der Waals surface area contributed by atoms with Gasteiger partial charge in [0.25, 0.3) is 5.82 Å². The molecule has 0 radical (unpaired) electrons. The first-order chi connectivity index (χ1) is 19.5. The summed E-state index contributed by atoms with van der Waals surface area (Å²) in [4.78, 5) is 22.2. The number of hydrogen-bond donors (Lipinski definition) is 1. The van der Waals surface area contributed by atoms with Crippen molar-refractivity contribution in [1.29, 1.82) is 0 Å². The first kappa shape index (κ1) is 32.6. The SMILES string of the molecule is [C-]#[N+]c1cc2nc(-c3cc(C(C)(C)C)cc(C(C)(C)C)c3)c(C(=O)CCCCCCCCCCCCCCC)n2[nH]1. The van der Waals surface area contributed by atoms with Crippen molar-refractivity contribution in [1.82, 2.24) is 14.6 Å². The molecule has 0 atom stereocenters. The lowest BCUT2D eigenvalue weighted by molar-refractivity contribution is 0.0973. The maximum absolute atomic E-state index is 13.7. The van der Waals surface area contributed by atoms with Crippen LogP contribution in [0.15, 0.2) is 24.3 Å². The van der Waals surface area contributed by atoms with Crippen LogP contribution in [0.4, 0.5) is 5.82 Å². The minimum absolute atomic E-state index is 0.0350. The molecule has 0 aliphatic rings. The fourth-order valence-electron chi connectivity index (χ4n) is 5.48. The van der Waals surface area contributed by atoms with Crippen LogP contribution in [-0.4, -0.2) is 20.4 Å². The Kier molecular flexibility index (Phi) is 11.8. The number of carbonyl (C=O) groups excluding carboxylic acids is 1. The molecule has 0 saturated carbocycles. The molecule has 224 valence electrons. The second kappa shape index (κ2) is 14.9. The number of fused-ring (bicyclic) bond motifs is 1. The first-order valence-electron chi connectivity index (χ1n) is 16.1. The number of imidazole rings is 1. The van der Waals surface area contributed by atoms with Gasteiger partial charge in [-0.05, 0) is 40.5 Å². The normalized spacial score (nSPS) is 12.2. The summed E-state index contributed by atoms with van der Waals surface area (Å²) in [5.41, 5.74) is 5.26. The Morgan fingerprint density at radius 1 is 0.780 bits per heavy atom. The molecule has 1 N–H and O–H groups in total. The van der Waals surface area contributed by atoms with Crippen LogP contribution in [0.25, 0.3) is 21.7 Å². The Bertz CT molecular complexity index is 1270. The number of Topliss-reactive ketones (excluding diaryl/α,β-unsaturated/α-hetero) is 1. The molecule has 0 unspecified atom stereocenters. The maximum Gasteiger partial charge on any atom is 0.250 e. The standard InChI is InChI=1S/C36H54N4O/c1-9-10-11-12-13-14-15-16-17-18-19-20-21-22-30(41)34-33(38-32-26-31(37-8)39-40(32)34)27-23-28(35(2,3)4)25-29(24-27)36(5,6)7/h23-26,39H,9-22H2,1-7H3. The Balaban J connectivity index is 1.67. The monoisotopic (exact) mass is 558 g/mol. The van der Waals surface area contributed by atoms with Gasteiger partial charge in [-0.2, -0.15) is 4.52 Å². The van der Waals surface area contributed by atoms with Gasteiger partial charge >= 0.3 is 0 Å². The van der Waals surface area contributed by atoms with Gasteiger partial charge < -0.3 is 4.85 Å². The number of nitrogens with zero attached hydrogens (tertiary/aromatic N) is 3. The van der Waals surface area contributed by atoms with Gasteiger partial charge in [0.05, 0.1) is 0 Å². The van der Waals surface area contributed by atoms with Crippen molar-refractivity contribution in [3.63, 3.8) is 0 Å². The summed E-state index contributed by atoms with van der Waals surface area (Å²) < 4.78 is 1.73. The van der Waals surface area contributed by atoms with E-state index in [0.717, 1.165) is 18.4 Å². The van der Waals surface area contributed by atoms with Crippen molar-refractivity contribution in [3.05, 3.63) is 52.5 Å². The van der Waals surface area contributed by atoms with Crippen molar-refractivity contribution in [3.8, 4) is 11.3 Å². The summed E-state index contributed by atoms with van der Waals surface area (Å²) in [5.74, 6) is 0.486. The van der Waals surface area contributed by atoms with Crippen LogP contribution in [0.5, 0.6) is 0 Å². The number of hydrogen-bond acceptors (Lipinski definition) is 2. The highest BCUT2D eigenvalue weighted by Gasteiger charge is 2.26. The fourth-order valence-corrected chi connectivity index (χ4v) is 5.48. The number of carbonyl (C=O) groups is 1. The highest BCUT2D eigenvalue weighted by molar-refractivity contribution is 6.01. The molecule has 0 aliphatic heterocycles. The summed E-state index contributed by atoms with van der Waals surface area (Å²) >= 11 is 0. The van der Waals surface area contributed by atoms with Gasteiger partial charge in [0.15, 0.2) is 17.1 Å². The highest BCUT2D eigenvalue weighted by Crippen LogP contribution is 2.36. The van der Waals surface area contributed by atoms with Crippen molar-refractivity contribution >= 4 is 17.2 Å². The molecule has 2 aromatic heterocycles. The number of unbranched alkanes of at least 4 members (excludes halogenated alkanes) is 12. The van der Waals surface area contributed by atoms with E-state index in [-0.39, 0.29) is 16.6 Å². The Hall–Kier alpha value is -2.87. The zero-order valence-corrected chi connectivity index (χ0v) is 27.0. The number of nitrogens with one attached hydrogen (secondary N) is 1. The molecule has 3 rings (SSSR count). The van der Waals surface area contributed by atoms with Crippen LogP contribution < -0.4 is 0 Å². The molecular formula is C36H54N4O. The molecule has 0 amide bonds. The lowest BCUT2D eigenvalue weighted by Crippen LogP contribution is -2.17. The van der Waals surface area contributed by atoms with Crippen LogP contribution in [0.2, 0.25) is 0 Å². The summed E-state index contributed by atoms with van der Waals surface area (Å²) in [6, 6.07) is 8.40. The molecule has 2 heterocycles. The highest BCUT2D eigenvalue weighted by atomic mass is 16.1. The van der Waals surface area contributed by atoms with Crippen LogP contribution >= 0.6 is 0 Å². The molecule has 5 heteroatoms. The van der Waals surface area contributed by atoms with Crippen LogP contribution in [0.3, 0.4) is 0 Å². The average molecular weight is 559 g/mol. The Morgan fingerprint density at radius 3 is 1.73 bits per heavy atom. The van der Waals surface area contributed by atoms with Gasteiger partial charge in [0.1, 0.15) is 5.69 Å². The maximum atomic E-state index is 13.7. The molecular weight excluding hydrogens is 504 g/mol. The van der Waals surface area contributed by atoms with Gasteiger partial charge in [-0.3, -0.25) is 4.79 Å². The van der Waals surface area contributed by atoms with Gasteiger partial charge in [0.2, 0.25) is 0 Å². The van der Waals surface area contributed by atoms with E-state index in [2.05, 4.69) is 76.6 Å². The van der Waals surface area contributed by atoms with Crippen molar-refractivity contribution in [2.45, 2.75) is 149 Å². The molecule has 0 fully saturated rings. The third-order valence-electron chi connectivity index (χ3n) is 8.23. The second-order valence-corrected chi connectivity index (χ2v) is 14.0. The molecule has 1 aromatic carbocycles. The predicted octanol–water partition coefficient (Wildman–Crippen LogP) is 11.1. The quantitative estimate of drug-likeness (QED) is 0.108. The zero-order chi connectivity index (χ0) is 30.0. The first-order valence-corrected chi connectivity index (χ1v) is 16.1. The minimum Gasteiger partial charge on any atom is -0.362 e. The Morgan fingerprint density at radius 2 is 1.27 bits per heavy atom. The third kappa shape index (κ3) is 9.32. The van der Waals surface area contributed by atoms with E-state index in [1.807, 2.05) is 0 Å². The summed E-state index contributed by atoms with van der Waals surface area (Å²) in [5, 5.41) is 3.10. The van der Waals surface area contributed by atoms with Crippen molar-refractivity contribution < 1.29 is 4.79 Å². The van der Waals surface area contributed by atoms with E-state index >= 15 is 0 Å². The van der Waals surface area contributed by atoms with Crippen LogP contribution in [0, 0.1) is 6.57 Å². The summed E-state index contributed by atoms with van der Waals surface area (Å²) in [6.45, 7) is 23.0. The average Bonchev–Trinajstić information content (AvgIpc) is 3.48. The molecule has 0 spiro atoms. The number of H-pyrrole nitrogens is 1. The minimum atomic E-state index is -0.0350. The van der Waals surface area contributed by atoms with E-state index in [4.69, 9.17) is 11.6 Å². The van der Waals surface area contributed by atoms with Gasteiger partial charge in [0, 0.05) is 18.1 Å². The van der Waals surface area contributed by atoms with Gasteiger partial charge in [-0.1, -0.05) is 138 Å². The van der Waals surface area contributed by atoms with Crippen molar-refractivity contribution in [2.24, 2.45) is 0 Å². The molecule has 3 aromatic rings. The zero-order valence-electron chi connectivity index (χ0n) is 27.0. The van der Waals surface area contributed by atoms with E-state index in [9.17, 15) is 4.79 Å². The van der Waals surface area contributed by atoms with E-state index in [0.29, 0.717) is 29.3 Å². The largest absolute Gasteiger partial charge is 0.362 e. The number of aromatic nitrogens is 3. The van der Waals surface area contributed by atoms with Crippen LogP contribution in [-0.2, 0) is 10.8 Å². The lowest BCUT2D eigenvalue weighted by Gasteiger charge is -2.26. The predicted molar refractivity (Wildman–Crippen MR) is 173 cm³/mol. The third-order valence-corrected chi connectivity index (χ3v) is 8.23. The lowest BCUT2D eigenvalue weighted by atomic mass is 9.79. The van der Waals surface area contributed by atoms with Gasteiger partial charge in [-0.25, -0.2) is 10.1 Å². The van der Waals surface area contributed by atoms with Gasteiger partial charge in [-0.15, -0.1) is 0 Å². The van der Waals surface area contributed by atoms with E-state index in [1.54, 1.807) is 10.6 Å². The number of benzene rings is 1. The smallest absolute Gasteiger partial charge is 0.250 e. The molecule has 0 bridgehead atoms. The van der Waals surface area contributed by atoms with Crippen molar-refractivity contribution in [2.75, 3.05) is 0 Å². The summed E-state index contributed by atoms with van der Waals surface area (Å²) in [7, 11) is 0. The molecule has 5 nitrogen and oxygen atoms in total. The second-order valence-electron chi connectivity index (χ2n) is 14.0. The molecule has 0 saturated heterocycles. The fraction of sp³-hybridized carbons (Fsp3) is 0.639. The molecule has 41 heavy (non-hydrogen) atoms. The summed E-state index contributed by atoms with van der Waals surface area (Å²) in [6.07, 6.45) is 17.2. The number of rotatable bonds is 16. The van der Waals surface area contributed by atoms with Crippen LogP contribution in [0.1, 0.15) is 160 Å². The number of ketones is 1. The Labute approximate surface area is 249 Å². The topological polar surface area (TPSA) is 54.5 Å². The van der Waals surface area contributed by atoms with E-state index < -0.39 is 0 Å². The van der Waals surface area contributed by atoms with E-state index in [1.165, 1.54) is 81.8 Å². The number of aromatic amines is 1.